The molecular formula is C20H17N3O3S. The average Bonchev–Trinajstić information content (AvgIpc) is 2.68. The molecule has 1 aromatic heterocycles. The highest BCUT2D eigenvalue weighted by atomic mass is 32.2. The Bertz CT molecular complexity index is 948. The van der Waals surface area contributed by atoms with Crippen molar-refractivity contribution in [3.05, 3.63) is 89.8 Å². The number of thioether (sulfide) groups is 1. The summed E-state index contributed by atoms with van der Waals surface area (Å²) >= 11 is 1.13. The van der Waals surface area contributed by atoms with E-state index >= 15 is 0 Å². The van der Waals surface area contributed by atoms with E-state index in [1.807, 2.05) is 18.2 Å². The van der Waals surface area contributed by atoms with Gasteiger partial charge >= 0.3 is 0 Å². The third kappa shape index (κ3) is 5.08. The Labute approximate surface area is 160 Å². The lowest BCUT2D eigenvalue weighted by atomic mass is 10.1. The number of hydrogen-bond acceptors (Lipinski definition) is 4. The smallest absolute Gasteiger partial charge is 0.257 e. The van der Waals surface area contributed by atoms with Crippen LogP contribution in [0.1, 0.15) is 10.4 Å². The van der Waals surface area contributed by atoms with Gasteiger partial charge in [-0.2, -0.15) is 4.73 Å². The van der Waals surface area contributed by atoms with Gasteiger partial charge in [-0.1, -0.05) is 30.3 Å². The molecule has 136 valence electrons. The van der Waals surface area contributed by atoms with Crippen molar-refractivity contribution in [1.82, 2.24) is 0 Å². The minimum Gasteiger partial charge on any atom is -0.618 e. The normalized spacial score (nSPS) is 10.2. The number of para-hydroxylation sites is 2. The zero-order chi connectivity index (χ0) is 19.1. The average molecular weight is 379 g/mol. The Morgan fingerprint density at radius 2 is 1.59 bits per heavy atom. The van der Waals surface area contributed by atoms with Crippen molar-refractivity contribution in [2.45, 2.75) is 5.03 Å². The fourth-order valence-corrected chi connectivity index (χ4v) is 3.07. The maximum atomic E-state index is 12.5. The van der Waals surface area contributed by atoms with Gasteiger partial charge < -0.3 is 15.8 Å². The van der Waals surface area contributed by atoms with Gasteiger partial charge in [-0.25, -0.2) is 0 Å². The fourth-order valence-electron chi connectivity index (χ4n) is 2.36. The SMILES string of the molecule is O=C(CSc1cccc[n+]1[O-])Nc1ccccc1C(=O)Nc1ccccc1. The lowest BCUT2D eigenvalue weighted by Gasteiger charge is -2.11. The Hall–Kier alpha value is -3.32. The molecule has 0 saturated carbocycles. The highest BCUT2D eigenvalue weighted by Gasteiger charge is 2.14. The summed E-state index contributed by atoms with van der Waals surface area (Å²) in [5.41, 5.74) is 1.45. The van der Waals surface area contributed by atoms with E-state index in [0.29, 0.717) is 26.7 Å². The summed E-state index contributed by atoms with van der Waals surface area (Å²) in [6.45, 7) is 0. The second kappa shape index (κ2) is 8.86. The van der Waals surface area contributed by atoms with Gasteiger partial charge in [0.05, 0.1) is 17.0 Å². The number of carbonyl (C=O) groups excluding carboxylic acids is 2. The first-order valence-electron chi connectivity index (χ1n) is 8.20. The summed E-state index contributed by atoms with van der Waals surface area (Å²) in [4.78, 5) is 24.8. The van der Waals surface area contributed by atoms with Crippen LogP contribution in [-0.2, 0) is 4.79 Å². The monoisotopic (exact) mass is 379 g/mol. The lowest BCUT2D eigenvalue weighted by molar-refractivity contribution is -0.645. The molecule has 3 rings (SSSR count). The summed E-state index contributed by atoms with van der Waals surface area (Å²) in [6.07, 6.45) is 1.38. The van der Waals surface area contributed by atoms with Gasteiger partial charge in [0.2, 0.25) is 5.91 Å². The summed E-state index contributed by atoms with van der Waals surface area (Å²) in [6, 6.07) is 20.9. The largest absolute Gasteiger partial charge is 0.618 e. The molecule has 1 heterocycles. The minimum absolute atomic E-state index is 0.0564. The summed E-state index contributed by atoms with van der Waals surface area (Å²) in [7, 11) is 0. The second-order valence-corrected chi connectivity index (χ2v) is 6.56. The molecule has 0 saturated heterocycles. The molecule has 3 aromatic rings. The van der Waals surface area contributed by atoms with Gasteiger partial charge in [0, 0.05) is 17.8 Å². The van der Waals surface area contributed by atoms with E-state index in [1.54, 1.807) is 54.6 Å². The topological polar surface area (TPSA) is 85.1 Å². The molecule has 0 aliphatic rings. The number of carbonyl (C=O) groups is 2. The first kappa shape index (κ1) is 18.5. The van der Waals surface area contributed by atoms with Gasteiger partial charge in [0.1, 0.15) is 0 Å². The molecular weight excluding hydrogens is 362 g/mol. The molecule has 7 heteroatoms. The molecule has 0 aliphatic carbocycles. The number of benzene rings is 2. The van der Waals surface area contributed by atoms with Crippen molar-refractivity contribution in [3.63, 3.8) is 0 Å². The lowest BCUT2D eigenvalue weighted by Crippen LogP contribution is -2.28. The number of pyridine rings is 1. The first-order valence-corrected chi connectivity index (χ1v) is 9.18. The third-order valence-electron chi connectivity index (χ3n) is 3.62. The quantitative estimate of drug-likeness (QED) is 0.391. The van der Waals surface area contributed by atoms with E-state index in [0.717, 1.165) is 11.8 Å². The van der Waals surface area contributed by atoms with E-state index in [1.165, 1.54) is 6.20 Å². The Balaban J connectivity index is 1.66. The van der Waals surface area contributed by atoms with E-state index < -0.39 is 0 Å². The van der Waals surface area contributed by atoms with E-state index in [4.69, 9.17) is 0 Å². The standard InChI is InChI=1S/C20H17N3O3S/c24-18(14-27-19-12-6-7-13-23(19)26)22-17-11-5-4-10-16(17)20(25)21-15-8-2-1-3-9-15/h1-13H,14H2,(H,21,25)(H,22,24). The molecule has 2 aromatic carbocycles. The number of hydrogen-bond donors (Lipinski definition) is 2. The van der Waals surface area contributed by atoms with Crippen LogP contribution >= 0.6 is 11.8 Å². The molecule has 0 unspecified atom stereocenters. The van der Waals surface area contributed by atoms with Crippen molar-refractivity contribution in [2.75, 3.05) is 16.4 Å². The van der Waals surface area contributed by atoms with Crippen molar-refractivity contribution >= 4 is 35.0 Å². The minimum atomic E-state index is -0.315. The van der Waals surface area contributed by atoms with Crippen molar-refractivity contribution < 1.29 is 14.3 Å². The molecule has 0 spiro atoms. The molecule has 27 heavy (non-hydrogen) atoms. The molecule has 0 radical (unpaired) electrons. The number of nitrogens with one attached hydrogen (secondary N) is 2. The van der Waals surface area contributed by atoms with Gasteiger partial charge in [-0.15, -0.1) is 0 Å². The molecule has 0 atom stereocenters. The van der Waals surface area contributed by atoms with Gasteiger partial charge in [0.25, 0.3) is 10.9 Å². The van der Waals surface area contributed by atoms with Crippen LogP contribution in [0.25, 0.3) is 0 Å². The molecule has 0 bridgehead atoms. The summed E-state index contributed by atoms with van der Waals surface area (Å²) in [5, 5.41) is 17.6. The fraction of sp³-hybridized carbons (Fsp3) is 0.0500. The highest BCUT2D eigenvalue weighted by Crippen LogP contribution is 2.19. The van der Waals surface area contributed by atoms with E-state index in [9.17, 15) is 14.8 Å². The van der Waals surface area contributed by atoms with Crippen LogP contribution in [0.3, 0.4) is 0 Å². The Morgan fingerprint density at radius 1 is 0.889 bits per heavy atom. The van der Waals surface area contributed by atoms with Crippen LogP contribution in [0.15, 0.2) is 84.0 Å². The van der Waals surface area contributed by atoms with Crippen LogP contribution in [-0.4, -0.2) is 17.6 Å². The molecule has 6 nitrogen and oxygen atoms in total. The zero-order valence-electron chi connectivity index (χ0n) is 14.3. The third-order valence-corrected chi connectivity index (χ3v) is 4.64. The van der Waals surface area contributed by atoms with Crippen LogP contribution in [0.2, 0.25) is 0 Å². The first-order chi connectivity index (χ1) is 13.1. The predicted octanol–water partition coefficient (Wildman–Crippen LogP) is 3.30. The molecule has 2 N–H and O–H groups in total. The Morgan fingerprint density at radius 3 is 2.37 bits per heavy atom. The summed E-state index contributed by atoms with van der Waals surface area (Å²) in [5.74, 6) is -0.560. The van der Waals surface area contributed by atoms with Crippen LogP contribution in [0.5, 0.6) is 0 Å². The maximum Gasteiger partial charge on any atom is 0.257 e. The number of amides is 2. The Kier molecular flexibility index (Phi) is 6.06. The number of rotatable bonds is 6. The predicted molar refractivity (Wildman–Crippen MR) is 106 cm³/mol. The molecule has 2 amide bonds. The number of nitrogens with zero attached hydrogens (tertiary/aromatic N) is 1. The second-order valence-electron chi connectivity index (χ2n) is 5.57. The van der Waals surface area contributed by atoms with E-state index in [2.05, 4.69) is 10.6 Å². The van der Waals surface area contributed by atoms with Gasteiger partial charge in [-0.3, -0.25) is 9.59 Å². The number of aromatic nitrogens is 1. The van der Waals surface area contributed by atoms with Gasteiger partial charge in [-0.05, 0) is 42.1 Å². The van der Waals surface area contributed by atoms with Gasteiger partial charge in [0.15, 0.2) is 6.20 Å². The van der Waals surface area contributed by atoms with Crippen molar-refractivity contribution in [1.29, 1.82) is 0 Å². The molecule has 0 fully saturated rings. The number of anilines is 2. The maximum absolute atomic E-state index is 12.5. The van der Waals surface area contributed by atoms with Crippen LogP contribution < -0.4 is 15.4 Å². The summed E-state index contributed by atoms with van der Waals surface area (Å²) < 4.78 is 0.708. The molecule has 0 aliphatic heterocycles. The zero-order valence-corrected chi connectivity index (χ0v) is 15.1. The highest BCUT2D eigenvalue weighted by molar-refractivity contribution is 7.99. The van der Waals surface area contributed by atoms with Crippen molar-refractivity contribution in [2.24, 2.45) is 0 Å². The van der Waals surface area contributed by atoms with Crippen LogP contribution in [0.4, 0.5) is 11.4 Å². The van der Waals surface area contributed by atoms with Crippen LogP contribution in [0, 0.1) is 5.21 Å². The van der Waals surface area contributed by atoms with Crippen molar-refractivity contribution in [3.8, 4) is 0 Å². The van der Waals surface area contributed by atoms with E-state index in [-0.39, 0.29) is 17.6 Å².